The Morgan fingerprint density at radius 3 is 2.79 bits per heavy atom. The molecule has 3 rings (SSSR count). The van der Waals surface area contributed by atoms with Crippen LogP contribution in [0.3, 0.4) is 0 Å². The van der Waals surface area contributed by atoms with E-state index in [4.69, 9.17) is 11.6 Å². The number of fused-ring (bicyclic) bond motifs is 1. The summed E-state index contributed by atoms with van der Waals surface area (Å²) in [5.41, 5.74) is 3.87. The average Bonchev–Trinajstić information content (AvgIpc) is 2.78. The van der Waals surface area contributed by atoms with Gasteiger partial charge in [-0.1, -0.05) is 23.7 Å². The monoisotopic (exact) mass is 276 g/mol. The average molecular weight is 277 g/mol. The van der Waals surface area contributed by atoms with Crippen LogP contribution in [0, 0.1) is 0 Å². The summed E-state index contributed by atoms with van der Waals surface area (Å²) in [6, 6.07) is 7.48. The molecule has 5 nitrogen and oxygen atoms in total. The number of hydrogen-bond acceptors (Lipinski definition) is 4. The van der Waals surface area contributed by atoms with E-state index < -0.39 is 6.17 Å². The first-order chi connectivity index (χ1) is 9.15. The van der Waals surface area contributed by atoms with Crippen LogP contribution in [0.15, 0.2) is 41.8 Å². The second kappa shape index (κ2) is 4.59. The van der Waals surface area contributed by atoms with Gasteiger partial charge in [-0.05, 0) is 24.6 Å². The Morgan fingerprint density at radius 2 is 2.05 bits per heavy atom. The third-order valence-electron chi connectivity index (χ3n) is 3.19. The van der Waals surface area contributed by atoms with Crippen LogP contribution in [0.25, 0.3) is 0 Å². The molecule has 0 bridgehead atoms. The highest BCUT2D eigenvalue weighted by Gasteiger charge is 2.35. The van der Waals surface area contributed by atoms with Gasteiger partial charge in [0.2, 0.25) is 6.17 Å². The van der Waals surface area contributed by atoms with E-state index in [1.54, 1.807) is 11.1 Å². The van der Waals surface area contributed by atoms with E-state index >= 15 is 0 Å². The third-order valence-corrected chi connectivity index (χ3v) is 3.44. The highest BCUT2D eigenvalue weighted by Crippen LogP contribution is 2.18. The number of amides is 1. The number of nitrogens with zero attached hydrogens (tertiary/aromatic N) is 3. The fraction of sp³-hybridized carbons (Fsp3) is 0.231. The summed E-state index contributed by atoms with van der Waals surface area (Å²) >= 11 is 5.85. The fourth-order valence-electron chi connectivity index (χ4n) is 2.13. The van der Waals surface area contributed by atoms with E-state index in [2.05, 4.69) is 10.5 Å². The smallest absolute Gasteiger partial charge is 0.272 e. The Bertz CT molecular complexity index is 567. The summed E-state index contributed by atoms with van der Waals surface area (Å²) in [6.07, 6.45) is 3.22. The van der Waals surface area contributed by atoms with Gasteiger partial charge in [0.1, 0.15) is 5.84 Å². The van der Waals surface area contributed by atoms with Crippen molar-refractivity contribution in [2.24, 2.45) is 5.10 Å². The van der Waals surface area contributed by atoms with Gasteiger partial charge < -0.3 is 9.80 Å². The lowest BCUT2D eigenvalue weighted by Crippen LogP contribution is -2.51. The summed E-state index contributed by atoms with van der Waals surface area (Å²) in [7, 11) is 0. The molecule has 2 heterocycles. The van der Waals surface area contributed by atoms with Crippen molar-refractivity contribution in [2.75, 3.05) is 0 Å². The van der Waals surface area contributed by atoms with E-state index in [9.17, 15) is 4.79 Å². The topological polar surface area (TPSA) is 47.9 Å². The van der Waals surface area contributed by atoms with Crippen LogP contribution in [-0.4, -0.2) is 27.7 Å². The molecule has 1 unspecified atom stereocenters. The molecule has 1 amide bonds. The second-order valence-corrected chi connectivity index (χ2v) is 4.93. The van der Waals surface area contributed by atoms with E-state index in [1.807, 2.05) is 42.3 Å². The summed E-state index contributed by atoms with van der Waals surface area (Å²) in [5.74, 6) is 0.777. The van der Waals surface area contributed by atoms with E-state index in [0.29, 0.717) is 11.6 Å². The number of benzene rings is 1. The molecular weight excluding hydrogens is 264 g/mol. The number of rotatable bonds is 2. The fourth-order valence-corrected chi connectivity index (χ4v) is 2.26. The predicted molar refractivity (Wildman–Crippen MR) is 73.0 cm³/mol. The van der Waals surface area contributed by atoms with Gasteiger partial charge in [0, 0.05) is 17.4 Å². The van der Waals surface area contributed by atoms with Crippen LogP contribution in [0.4, 0.5) is 0 Å². The number of hydrazone groups is 1. The summed E-state index contributed by atoms with van der Waals surface area (Å²) in [5, 5.41) is 4.75. The van der Waals surface area contributed by atoms with Crippen LogP contribution < -0.4 is 5.43 Å². The molecule has 0 spiro atoms. The molecule has 6 heteroatoms. The van der Waals surface area contributed by atoms with Crippen molar-refractivity contribution in [3.05, 3.63) is 47.3 Å². The van der Waals surface area contributed by atoms with E-state index in [1.165, 1.54) is 0 Å². The maximum atomic E-state index is 12.3. The van der Waals surface area contributed by atoms with Gasteiger partial charge >= 0.3 is 0 Å². The number of nitrogens with one attached hydrogen (secondary N) is 1. The number of carbonyl (C=O) groups is 1. The predicted octanol–water partition coefficient (Wildman–Crippen LogP) is 1.72. The summed E-state index contributed by atoms with van der Waals surface area (Å²) in [6.45, 7) is 2.39. The molecule has 1 aromatic carbocycles. The Kier molecular flexibility index (Phi) is 2.91. The Balaban J connectivity index is 1.76. The molecule has 2 aliphatic heterocycles. The van der Waals surface area contributed by atoms with Crippen molar-refractivity contribution in [2.45, 2.75) is 19.6 Å². The molecule has 1 N–H and O–H groups in total. The van der Waals surface area contributed by atoms with Crippen molar-refractivity contribution >= 4 is 23.3 Å². The minimum Gasteiger partial charge on any atom is -0.310 e. The minimum atomic E-state index is -0.419. The van der Waals surface area contributed by atoms with Crippen LogP contribution >= 0.6 is 11.6 Å². The zero-order valence-corrected chi connectivity index (χ0v) is 11.1. The molecule has 1 aromatic rings. The molecule has 2 aliphatic rings. The lowest BCUT2D eigenvalue weighted by molar-refractivity contribution is -0.134. The van der Waals surface area contributed by atoms with Gasteiger partial charge in [0.15, 0.2) is 0 Å². The van der Waals surface area contributed by atoms with Gasteiger partial charge in [0.25, 0.3) is 5.91 Å². The Morgan fingerprint density at radius 1 is 1.32 bits per heavy atom. The van der Waals surface area contributed by atoms with Gasteiger partial charge in [-0.2, -0.15) is 5.10 Å². The van der Waals surface area contributed by atoms with Crippen LogP contribution in [0.2, 0.25) is 5.02 Å². The number of hydrogen-bond donors (Lipinski definition) is 1. The van der Waals surface area contributed by atoms with E-state index in [-0.39, 0.29) is 5.91 Å². The first-order valence-corrected chi connectivity index (χ1v) is 6.34. The first kappa shape index (κ1) is 12.0. The van der Waals surface area contributed by atoms with Gasteiger partial charge in [-0.25, -0.2) is 0 Å². The van der Waals surface area contributed by atoms with Gasteiger partial charge in [-0.3, -0.25) is 10.2 Å². The van der Waals surface area contributed by atoms with Crippen LogP contribution in [-0.2, 0) is 11.3 Å². The van der Waals surface area contributed by atoms with Crippen LogP contribution in [0.5, 0.6) is 0 Å². The second-order valence-electron chi connectivity index (χ2n) is 4.49. The first-order valence-electron chi connectivity index (χ1n) is 5.96. The zero-order chi connectivity index (χ0) is 13.4. The molecule has 0 radical (unpaired) electrons. The highest BCUT2D eigenvalue weighted by atomic mass is 35.5. The van der Waals surface area contributed by atoms with Crippen molar-refractivity contribution in [1.82, 2.24) is 15.2 Å². The molecule has 0 aliphatic carbocycles. The number of amidine groups is 1. The summed E-state index contributed by atoms with van der Waals surface area (Å²) in [4.78, 5) is 15.8. The molecule has 0 saturated carbocycles. The largest absolute Gasteiger partial charge is 0.310 e. The SMILES string of the molecule is CC1=NNC2C(=O)N(Cc3ccc(Cl)cc3)C=CN12. The maximum Gasteiger partial charge on any atom is 0.272 e. The molecule has 1 atom stereocenters. The highest BCUT2D eigenvalue weighted by molar-refractivity contribution is 6.30. The quantitative estimate of drug-likeness (QED) is 0.895. The van der Waals surface area contributed by atoms with Crippen molar-refractivity contribution in [3.8, 4) is 0 Å². The van der Waals surface area contributed by atoms with E-state index in [0.717, 1.165) is 11.4 Å². The molecule has 0 fully saturated rings. The molecule has 0 saturated heterocycles. The van der Waals surface area contributed by atoms with Gasteiger partial charge in [0.05, 0.1) is 6.54 Å². The lowest BCUT2D eigenvalue weighted by Gasteiger charge is -2.31. The maximum absolute atomic E-state index is 12.3. The molecule has 98 valence electrons. The Hall–Kier alpha value is -2.01. The number of halogens is 1. The summed E-state index contributed by atoms with van der Waals surface area (Å²) < 4.78 is 0. The van der Waals surface area contributed by atoms with Gasteiger partial charge in [-0.15, -0.1) is 0 Å². The number of carbonyl (C=O) groups excluding carboxylic acids is 1. The molecular formula is C13H13ClN4O. The van der Waals surface area contributed by atoms with Crippen LogP contribution in [0.1, 0.15) is 12.5 Å². The van der Waals surface area contributed by atoms with Crippen molar-refractivity contribution in [1.29, 1.82) is 0 Å². The zero-order valence-electron chi connectivity index (χ0n) is 10.4. The lowest BCUT2D eigenvalue weighted by atomic mass is 10.2. The van der Waals surface area contributed by atoms with Crippen molar-refractivity contribution in [3.63, 3.8) is 0 Å². The molecule has 0 aromatic heterocycles. The van der Waals surface area contributed by atoms with Crippen molar-refractivity contribution < 1.29 is 4.79 Å². The Labute approximate surface area is 116 Å². The normalized spacial score (nSPS) is 21.3. The molecule has 19 heavy (non-hydrogen) atoms. The standard InChI is InChI=1S/C13H13ClN4O/c1-9-15-16-12-13(19)17(6-7-18(9)12)8-10-2-4-11(14)5-3-10/h2-7,12,16H,8H2,1H3. The minimum absolute atomic E-state index is 0.0157. The third kappa shape index (κ3) is 2.17.